The molecule has 1 aromatic carbocycles. The number of ether oxygens (including phenoxy) is 2. The van der Waals surface area contributed by atoms with Crippen molar-refractivity contribution < 1.29 is 14.3 Å². The molecule has 3 aromatic rings. The quantitative estimate of drug-likeness (QED) is 0.737. The molecule has 1 atom stereocenters. The molecule has 2 aromatic heterocycles. The largest absolute Gasteiger partial charge is 0.474 e. The Hall–Kier alpha value is -2.99. The minimum Gasteiger partial charge on any atom is -0.474 e. The van der Waals surface area contributed by atoms with E-state index in [1.807, 2.05) is 24.3 Å². The summed E-state index contributed by atoms with van der Waals surface area (Å²) in [7, 11) is 0. The molecular weight excluding hydrogens is 354 g/mol. The molecule has 6 heteroatoms. The standard InChI is InChI=1S/C22H23N3O3/c1-22(2)14-17(9-12-27-22)28-21-18-7-6-16(13-15(18)8-11-24-21)25-20(26)19-5-3-4-10-23-19/h3-8,10-11,13,17H,9,12,14H2,1-2H3,(H,25,26). The fourth-order valence-corrected chi connectivity index (χ4v) is 3.45. The first kappa shape index (κ1) is 18.4. The highest BCUT2D eigenvalue weighted by Gasteiger charge is 2.30. The van der Waals surface area contributed by atoms with Gasteiger partial charge in [0.15, 0.2) is 0 Å². The van der Waals surface area contributed by atoms with E-state index in [0.29, 0.717) is 23.9 Å². The Morgan fingerprint density at radius 1 is 1.18 bits per heavy atom. The molecule has 1 amide bonds. The van der Waals surface area contributed by atoms with E-state index in [4.69, 9.17) is 9.47 Å². The highest BCUT2D eigenvalue weighted by atomic mass is 16.5. The zero-order valence-corrected chi connectivity index (χ0v) is 16.0. The summed E-state index contributed by atoms with van der Waals surface area (Å²) in [6.45, 7) is 4.84. The lowest BCUT2D eigenvalue weighted by molar-refractivity contribution is -0.0901. The van der Waals surface area contributed by atoms with Crippen LogP contribution in [-0.4, -0.2) is 34.2 Å². The normalized spacial score (nSPS) is 18.6. The Morgan fingerprint density at radius 2 is 2.07 bits per heavy atom. The molecule has 0 radical (unpaired) electrons. The van der Waals surface area contributed by atoms with Gasteiger partial charge in [0.1, 0.15) is 11.8 Å². The van der Waals surface area contributed by atoms with Crippen molar-refractivity contribution >= 4 is 22.4 Å². The predicted octanol–water partition coefficient (Wildman–Crippen LogP) is 4.22. The van der Waals surface area contributed by atoms with Crippen LogP contribution in [0.25, 0.3) is 10.8 Å². The lowest BCUT2D eigenvalue weighted by atomic mass is 9.96. The van der Waals surface area contributed by atoms with E-state index in [2.05, 4.69) is 29.1 Å². The van der Waals surface area contributed by atoms with Crippen LogP contribution in [-0.2, 0) is 4.74 Å². The zero-order chi connectivity index (χ0) is 19.6. The van der Waals surface area contributed by atoms with Crippen molar-refractivity contribution in [2.45, 2.75) is 38.4 Å². The number of rotatable bonds is 4. The molecule has 1 fully saturated rings. The Kier molecular flexibility index (Phi) is 4.96. The van der Waals surface area contributed by atoms with Gasteiger partial charge in [-0.2, -0.15) is 0 Å². The van der Waals surface area contributed by atoms with Crippen molar-refractivity contribution in [1.82, 2.24) is 9.97 Å². The third-order valence-electron chi connectivity index (χ3n) is 4.81. The summed E-state index contributed by atoms with van der Waals surface area (Å²) >= 11 is 0. The van der Waals surface area contributed by atoms with E-state index in [-0.39, 0.29) is 17.6 Å². The summed E-state index contributed by atoms with van der Waals surface area (Å²) in [6, 6.07) is 12.9. The summed E-state index contributed by atoms with van der Waals surface area (Å²) in [5.41, 5.74) is 0.896. The van der Waals surface area contributed by atoms with Crippen molar-refractivity contribution in [1.29, 1.82) is 0 Å². The van der Waals surface area contributed by atoms with Gasteiger partial charge in [-0.25, -0.2) is 4.98 Å². The molecule has 28 heavy (non-hydrogen) atoms. The SMILES string of the molecule is CC1(C)CC(Oc2nccc3cc(NC(=O)c4ccccn4)ccc23)CCO1. The predicted molar refractivity (Wildman–Crippen MR) is 108 cm³/mol. The van der Waals surface area contributed by atoms with E-state index in [1.54, 1.807) is 30.6 Å². The monoisotopic (exact) mass is 377 g/mol. The molecular formula is C22H23N3O3. The number of hydrogen-bond donors (Lipinski definition) is 1. The number of hydrogen-bond acceptors (Lipinski definition) is 5. The summed E-state index contributed by atoms with van der Waals surface area (Å²) < 4.78 is 12.0. The van der Waals surface area contributed by atoms with Gasteiger partial charge in [-0.3, -0.25) is 9.78 Å². The average Bonchev–Trinajstić information content (AvgIpc) is 2.68. The van der Waals surface area contributed by atoms with Gasteiger partial charge in [-0.15, -0.1) is 0 Å². The number of carbonyl (C=O) groups excluding carboxylic acids is 1. The zero-order valence-electron chi connectivity index (χ0n) is 16.0. The molecule has 144 valence electrons. The Bertz CT molecular complexity index is 989. The fourth-order valence-electron chi connectivity index (χ4n) is 3.45. The van der Waals surface area contributed by atoms with E-state index in [9.17, 15) is 4.79 Å². The number of fused-ring (bicyclic) bond motifs is 1. The maximum Gasteiger partial charge on any atom is 0.274 e. The lowest BCUT2D eigenvalue weighted by Gasteiger charge is -2.35. The van der Waals surface area contributed by atoms with Gasteiger partial charge in [0.05, 0.1) is 12.2 Å². The fraction of sp³-hybridized carbons (Fsp3) is 0.318. The van der Waals surface area contributed by atoms with Crippen LogP contribution in [0, 0.1) is 0 Å². The number of pyridine rings is 2. The van der Waals surface area contributed by atoms with Crippen molar-refractivity contribution in [2.24, 2.45) is 0 Å². The van der Waals surface area contributed by atoms with E-state index < -0.39 is 0 Å². The first-order valence-electron chi connectivity index (χ1n) is 9.42. The summed E-state index contributed by atoms with van der Waals surface area (Å²) in [6.07, 6.45) is 5.07. The molecule has 1 N–H and O–H groups in total. The Balaban J connectivity index is 1.54. The Labute approximate surface area is 163 Å². The lowest BCUT2D eigenvalue weighted by Crippen LogP contribution is -2.39. The van der Waals surface area contributed by atoms with Crippen LogP contribution < -0.4 is 10.1 Å². The van der Waals surface area contributed by atoms with Crippen LogP contribution in [0.2, 0.25) is 0 Å². The van der Waals surface area contributed by atoms with Crippen LogP contribution >= 0.6 is 0 Å². The topological polar surface area (TPSA) is 73.3 Å². The molecule has 1 saturated heterocycles. The number of amides is 1. The third kappa shape index (κ3) is 4.12. The first-order chi connectivity index (χ1) is 13.5. The van der Waals surface area contributed by atoms with Gasteiger partial charge in [0, 0.05) is 36.3 Å². The maximum absolute atomic E-state index is 12.3. The molecule has 1 aliphatic heterocycles. The van der Waals surface area contributed by atoms with Crippen LogP contribution in [0.5, 0.6) is 5.88 Å². The number of nitrogens with one attached hydrogen (secondary N) is 1. The molecule has 4 rings (SSSR count). The second kappa shape index (κ2) is 7.56. The number of nitrogens with zero attached hydrogens (tertiary/aromatic N) is 2. The van der Waals surface area contributed by atoms with Gasteiger partial charge in [-0.1, -0.05) is 6.07 Å². The number of anilines is 1. The average molecular weight is 377 g/mol. The second-order valence-corrected chi connectivity index (χ2v) is 7.56. The van der Waals surface area contributed by atoms with Crippen molar-refractivity contribution in [2.75, 3.05) is 11.9 Å². The number of aromatic nitrogens is 2. The molecule has 3 heterocycles. The van der Waals surface area contributed by atoms with Crippen molar-refractivity contribution in [3.8, 4) is 5.88 Å². The number of benzene rings is 1. The summed E-state index contributed by atoms with van der Waals surface area (Å²) in [5.74, 6) is 0.373. The van der Waals surface area contributed by atoms with Gasteiger partial charge in [0.25, 0.3) is 5.91 Å². The minimum atomic E-state index is -0.241. The summed E-state index contributed by atoms with van der Waals surface area (Å²) in [4.78, 5) is 20.8. The molecule has 0 saturated carbocycles. The summed E-state index contributed by atoms with van der Waals surface area (Å²) in [5, 5.41) is 4.76. The van der Waals surface area contributed by atoms with Gasteiger partial charge in [-0.05, 0) is 55.6 Å². The Morgan fingerprint density at radius 3 is 2.86 bits per heavy atom. The molecule has 1 unspecified atom stereocenters. The van der Waals surface area contributed by atoms with Crippen molar-refractivity contribution in [3.63, 3.8) is 0 Å². The first-order valence-corrected chi connectivity index (χ1v) is 9.42. The van der Waals surface area contributed by atoms with Crippen LogP contribution in [0.1, 0.15) is 37.2 Å². The van der Waals surface area contributed by atoms with E-state index in [0.717, 1.165) is 23.6 Å². The van der Waals surface area contributed by atoms with E-state index in [1.165, 1.54) is 0 Å². The molecule has 1 aliphatic rings. The smallest absolute Gasteiger partial charge is 0.274 e. The van der Waals surface area contributed by atoms with E-state index >= 15 is 0 Å². The van der Waals surface area contributed by atoms with Gasteiger partial charge < -0.3 is 14.8 Å². The second-order valence-electron chi connectivity index (χ2n) is 7.56. The minimum absolute atomic E-state index is 0.0744. The van der Waals surface area contributed by atoms with Crippen molar-refractivity contribution in [3.05, 3.63) is 60.6 Å². The number of carbonyl (C=O) groups is 1. The van der Waals surface area contributed by atoms with Crippen LogP contribution in [0.3, 0.4) is 0 Å². The maximum atomic E-state index is 12.3. The van der Waals surface area contributed by atoms with Gasteiger partial charge in [0.2, 0.25) is 5.88 Å². The molecule has 6 nitrogen and oxygen atoms in total. The molecule has 0 bridgehead atoms. The third-order valence-corrected chi connectivity index (χ3v) is 4.81. The highest BCUT2D eigenvalue weighted by molar-refractivity contribution is 6.04. The molecule has 0 aliphatic carbocycles. The van der Waals surface area contributed by atoms with Crippen LogP contribution in [0.15, 0.2) is 54.9 Å². The van der Waals surface area contributed by atoms with Gasteiger partial charge >= 0.3 is 0 Å². The van der Waals surface area contributed by atoms with Crippen LogP contribution in [0.4, 0.5) is 5.69 Å². The molecule has 0 spiro atoms. The highest BCUT2D eigenvalue weighted by Crippen LogP contribution is 2.31.